The van der Waals surface area contributed by atoms with Crippen LogP contribution in [0, 0.1) is 11.3 Å². The van der Waals surface area contributed by atoms with Gasteiger partial charge >= 0.3 is 0 Å². The molecule has 1 unspecified atom stereocenters. The number of hydrogen-bond donors (Lipinski definition) is 4. The van der Waals surface area contributed by atoms with Gasteiger partial charge in [-0.05, 0) is 18.5 Å². The number of aromatic amines is 1. The molecule has 0 radical (unpaired) electrons. The fraction of sp³-hybridized carbons (Fsp3) is 0.462. The lowest BCUT2D eigenvalue weighted by molar-refractivity contribution is -0.0752. The maximum absolute atomic E-state index is 11.9. The molecule has 0 spiro atoms. The number of nitrogens with one attached hydrogen (secondary N) is 1. The number of fused-ring (bicyclic) bond motifs is 1. The molecule has 24 heavy (non-hydrogen) atoms. The van der Waals surface area contributed by atoms with E-state index in [1.165, 1.54) is 17.8 Å². The number of aliphatic hydroxyl groups is 2. The van der Waals surface area contributed by atoms with Gasteiger partial charge in [0.25, 0.3) is 5.56 Å². The summed E-state index contributed by atoms with van der Waals surface area (Å²) in [7, 11) is 0. The molecule has 1 saturated heterocycles. The first-order valence-electron chi connectivity index (χ1n) is 6.85. The second kappa shape index (κ2) is 5.91. The highest BCUT2D eigenvalue weighted by Gasteiger charge is 2.57. The minimum absolute atomic E-state index is 0.0145. The molecule has 1 aliphatic rings. The van der Waals surface area contributed by atoms with Gasteiger partial charge in [-0.2, -0.15) is 4.98 Å². The van der Waals surface area contributed by atoms with Gasteiger partial charge in [0.05, 0.1) is 12.4 Å². The van der Waals surface area contributed by atoms with E-state index in [1.807, 2.05) is 0 Å². The van der Waals surface area contributed by atoms with Crippen LogP contribution in [-0.2, 0) is 4.74 Å². The molecule has 11 heteroatoms. The highest BCUT2D eigenvalue weighted by molar-refractivity contribution is 6.32. The summed E-state index contributed by atoms with van der Waals surface area (Å²) in [6, 6.07) is 0. The van der Waals surface area contributed by atoms with Crippen LogP contribution in [0.4, 0.5) is 5.95 Å². The van der Waals surface area contributed by atoms with Gasteiger partial charge in [0.15, 0.2) is 22.3 Å². The minimum Gasteiger partial charge on any atom is -0.391 e. The van der Waals surface area contributed by atoms with Crippen LogP contribution < -0.4 is 11.3 Å². The Labute approximate surface area is 145 Å². The predicted molar refractivity (Wildman–Crippen MR) is 86.4 cm³/mol. The molecule has 1 fully saturated rings. The summed E-state index contributed by atoms with van der Waals surface area (Å²) >= 11 is 11.9. The Bertz CT molecular complexity index is 901. The molecule has 5 N–H and O–H groups in total. The zero-order valence-electron chi connectivity index (χ0n) is 12.3. The lowest BCUT2D eigenvalue weighted by Gasteiger charge is -2.25. The van der Waals surface area contributed by atoms with Crippen molar-refractivity contribution in [2.24, 2.45) is 0 Å². The first-order chi connectivity index (χ1) is 11.3. The minimum atomic E-state index is -1.68. The number of aliphatic hydroxyl groups excluding tert-OH is 2. The lowest BCUT2D eigenvalue weighted by Crippen LogP contribution is -2.43. The van der Waals surface area contributed by atoms with Crippen LogP contribution in [0.3, 0.4) is 0 Å². The molecule has 3 heterocycles. The Morgan fingerprint density at radius 1 is 1.62 bits per heavy atom. The van der Waals surface area contributed by atoms with E-state index in [2.05, 4.69) is 26.3 Å². The Morgan fingerprint density at radius 3 is 2.96 bits per heavy atom. The van der Waals surface area contributed by atoms with E-state index in [9.17, 15) is 15.0 Å². The van der Waals surface area contributed by atoms with Crippen molar-refractivity contribution in [1.82, 2.24) is 19.5 Å². The molecule has 9 nitrogen and oxygen atoms in total. The summed E-state index contributed by atoms with van der Waals surface area (Å²) in [4.78, 5) is 20.5. The zero-order valence-corrected chi connectivity index (χ0v) is 13.8. The van der Waals surface area contributed by atoms with E-state index in [0.29, 0.717) is 0 Å². The van der Waals surface area contributed by atoms with E-state index in [4.69, 9.17) is 33.7 Å². The second-order valence-corrected chi connectivity index (χ2v) is 6.22. The van der Waals surface area contributed by atoms with Crippen molar-refractivity contribution in [1.29, 1.82) is 0 Å². The van der Waals surface area contributed by atoms with Crippen molar-refractivity contribution in [2.75, 3.05) is 5.73 Å². The number of ether oxygens (including phenoxy) is 1. The Hall–Kier alpha value is -1.83. The van der Waals surface area contributed by atoms with Crippen LogP contribution >= 0.6 is 23.2 Å². The quantitative estimate of drug-likeness (QED) is 0.411. The molecule has 0 bridgehead atoms. The van der Waals surface area contributed by atoms with Crippen LogP contribution in [0.25, 0.3) is 11.2 Å². The van der Waals surface area contributed by atoms with Crippen molar-refractivity contribution in [3.8, 4) is 11.3 Å². The molecule has 5 atom stereocenters. The average molecular weight is 374 g/mol. The molecule has 3 rings (SSSR count). The predicted octanol–water partition coefficient (Wildman–Crippen LogP) is -0.482. The first-order valence-corrected chi connectivity index (χ1v) is 7.60. The molecule has 2 aromatic heterocycles. The van der Waals surface area contributed by atoms with Gasteiger partial charge < -0.3 is 20.7 Å². The van der Waals surface area contributed by atoms with Crippen LogP contribution in [0.2, 0.25) is 0 Å². The number of nitrogen functional groups attached to an aromatic ring is 1. The number of imidazole rings is 1. The highest BCUT2D eigenvalue weighted by atomic mass is 35.5. The number of hydrogen-bond acceptors (Lipinski definition) is 7. The van der Waals surface area contributed by atoms with Gasteiger partial charge in [-0.3, -0.25) is 14.3 Å². The van der Waals surface area contributed by atoms with Gasteiger partial charge in [0, 0.05) is 5.38 Å². The normalized spacial score (nSPS) is 31.0. The number of anilines is 1. The van der Waals surface area contributed by atoms with Crippen molar-refractivity contribution in [3.05, 3.63) is 16.7 Å². The molecule has 0 amide bonds. The number of alkyl halides is 1. The highest BCUT2D eigenvalue weighted by Crippen LogP contribution is 2.44. The number of aromatic nitrogens is 4. The SMILES string of the molecule is C[C@H](O)[C@H]1O[C@@H](n2cnc3c(=O)[nH]c(N)nc32)C(Cl)(C#CCl)[C@H]1O. The number of nitrogens with two attached hydrogens (primary N) is 1. The maximum atomic E-state index is 11.9. The van der Waals surface area contributed by atoms with E-state index >= 15 is 0 Å². The fourth-order valence-electron chi connectivity index (χ4n) is 2.68. The Morgan fingerprint density at radius 2 is 2.33 bits per heavy atom. The molecule has 0 aliphatic carbocycles. The van der Waals surface area contributed by atoms with E-state index in [1.54, 1.807) is 0 Å². The number of H-pyrrole nitrogens is 1. The molecular weight excluding hydrogens is 361 g/mol. The first kappa shape index (κ1) is 17.0. The van der Waals surface area contributed by atoms with Crippen molar-refractivity contribution in [2.45, 2.75) is 36.3 Å². The summed E-state index contributed by atoms with van der Waals surface area (Å²) in [6.07, 6.45) is -3.26. The molecule has 0 aromatic carbocycles. The van der Waals surface area contributed by atoms with Crippen LogP contribution in [-0.4, -0.2) is 52.9 Å². The molecule has 1 aliphatic heterocycles. The lowest BCUT2D eigenvalue weighted by atomic mass is 9.97. The Kier molecular flexibility index (Phi) is 4.19. The number of halogens is 2. The third-order valence-corrected chi connectivity index (χ3v) is 4.40. The van der Waals surface area contributed by atoms with E-state index in [0.717, 1.165) is 0 Å². The van der Waals surface area contributed by atoms with E-state index in [-0.39, 0.29) is 17.1 Å². The monoisotopic (exact) mass is 373 g/mol. The summed E-state index contributed by atoms with van der Waals surface area (Å²) in [5.74, 6) is 2.37. The standard InChI is InChI=1S/C13H13Cl2N5O4/c1-5(21)7-8(22)13(15,2-3-14)11(24-7)20-4-17-6-9(20)18-12(16)19-10(6)23/h4-5,7-8,11,21-22H,1H3,(H3,16,18,19,23)/t5-,7+,8-,11+,13?/m0/s1. The van der Waals surface area contributed by atoms with Crippen LogP contribution in [0.15, 0.2) is 11.1 Å². The van der Waals surface area contributed by atoms with Gasteiger partial charge in [-0.25, -0.2) is 4.98 Å². The van der Waals surface area contributed by atoms with Gasteiger partial charge in [-0.1, -0.05) is 17.5 Å². The van der Waals surface area contributed by atoms with Crippen LogP contribution in [0.1, 0.15) is 13.2 Å². The van der Waals surface area contributed by atoms with E-state index < -0.39 is 35.0 Å². The Balaban J connectivity index is 2.20. The number of nitrogens with zero attached hydrogens (tertiary/aromatic N) is 3. The second-order valence-electron chi connectivity index (χ2n) is 5.40. The zero-order chi connectivity index (χ0) is 17.6. The summed E-state index contributed by atoms with van der Waals surface area (Å²) < 4.78 is 6.99. The molecule has 2 aromatic rings. The third kappa shape index (κ3) is 2.44. The average Bonchev–Trinajstić information content (AvgIpc) is 3.00. The van der Waals surface area contributed by atoms with Gasteiger partial charge in [0.2, 0.25) is 5.95 Å². The largest absolute Gasteiger partial charge is 0.391 e. The molecule has 0 saturated carbocycles. The van der Waals surface area contributed by atoms with Gasteiger partial charge in [-0.15, -0.1) is 0 Å². The molecule has 128 valence electrons. The smallest absolute Gasteiger partial charge is 0.280 e. The van der Waals surface area contributed by atoms with Gasteiger partial charge in [0.1, 0.15) is 12.2 Å². The number of rotatable bonds is 2. The summed E-state index contributed by atoms with van der Waals surface area (Å²) in [6.45, 7) is 1.44. The molecular formula is C13H13Cl2N5O4. The summed E-state index contributed by atoms with van der Waals surface area (Å²) in [5, 5.41) is 22.4. The van der Waals surface area contributed by atoms with Crippen molar-refractivity contribution >= 4 is 40.3 Å². The third-order valence-electron chi connectivity index (χ3n) is 3.80. The van der Waals surface area contributed by atoms with Crippen molar-refractivity contribution < 1.29 is 14.9 Å². The topological polar surface area (TPSA) is 139 Å². The fourth-order valence-corrected chi connectivity index (χ4v) is 3.21. The maximum Gasteiger partial charge on any atom is 0.280 e. The summed E-state index contributed by atoms with van der Waals surface area (Å²) in [5.41, 5.74) is 5.14. The van der Waals surface area contributed by atoms with Crippen molar-refractivity contribution in [3.63, 3.8) is 0 Å². The van der Waals surface area contributed by atoms with Crippen LogP contribution in [0.5, 0.6) is 0 Å².